The number of halogens is 4. The van der Waals surface area contributed by atoms with Crippen LogP contribution in [-0.2, 0) is 0 Å². The molecule has 0 spiro atoms. The van der Waals surface area contributed by atoms with Crippen molar-refractivity contribution < 1.29 is 27.6 Å². The third-order valence-corrected chi connectivity index (χ3v) is 4.20. The molecule has 2 rings (SSSR count). The quantitative estimate of drug-likeness (QED) is 0.582. The first kappa shape index (κ1) is 17.5. The van der Waals surface area contributed by atoms with Crippen LogP contribution in [0.5, 0.6) is 0 Å². The van der Waals surface area contributed by atoms with E-state index in [0.29, 0.717) is 5.56 Å². The number of nitrogens with one attached hydrogen (secondary N) is 2. The fourth-order valence-electron chi connectivity index (χ4n) is 2.80. The van der Waals surface area contributed by atoms with Gasteiger partial charge in [0.05, 0.1) is 17.2 Å². The summed E-state index contributed by atoms with van der Waals surface area (Å²) in [7, 11) is 0. The molecule has 1 aliphatic carbocycles. The van der Waals surface area contributed by atoms with E-state index in [1.54, 1.807) is 6.92 Å². The SMILES string of the molecule is Cc1cc(F)c(C(=O)NC2CCC(C(F)(F)F)CC2)cc1NO. The van der Waals surface area contributed by atoms with Crippen LogP contribution in [0, 0.1) is 18.7 Å². The Kier molecular flexibility index (Phi) is 5.13. The highest BCUT2D eigenvalue weighted by Crippen LogP contribution is 2.37. The second-order valence-electron chi connectivity index (χ2n) is 5.82. The van der Waals surface area contributed by atoms with Crippen LogP contribution in [0.2, 0.25) is 0 Å². The molecule has 0 radical (unpaired) electrons. The third kappa shape index (κ3) is 4.13. The molecule has 0 heterocycles. The number of carbonyl (C=O) groups is 1. The van der Waals surface area contributed by atoms with Crippen molar-refractivity contribution in [3.8, 4) is 0 Å². The smallest absolute Gasteiger partial charge is 0.349 e. The Labute approximate surface area is 130 Å². The highest BCUT2D eigenvalue weighted by molar-refractivity contribution is 5.95. The summed E-state index contributed by atoms with van der Waals surface area (Å²) in [5.41, 5.74) is 2.23. The van der Waals surface area contributed by atoms with Gasteiger partial charge in [0.1, 0.15) is 5.82 Å². The molecule has 0 aliphatic heterocycles. The Hall–Kier alpha value is -1.83. The largest absolute Gasteiger partial charge is 0.391 e. The van der Waals surface area contributed by atoms with Crippen molar-refractivity contribution in [3.05, 3.63) is 29.1 Å². The van der Waals surface area contributed by atoms with Crippen molar-refractivity contribution >= 4 is 11.6 Å². The van der Waals surface area contributed by atoms with Gasteiger partial charge >= 0.3 is 6.18 Å². The molecule has 23 heavy (non-hydrogen) atoms. The molecule has 1 aromatic carbocycles. The van der Waals surface area contributed by atoms with Crippen molar-refractivity contribution in [1.82, 2.24) is 5.32 Å². The van der Waals surface area contributed by atoms with E-state index >= 15 is 0 Å². The Morgan fingerprint density at radius 3 is 2.35 bits per heavy atom. The van der Waals surface area contributed by atoms with Crippen LogP contribution in [0.1, 0.15) is 41.6 Å². The summed E-state index contributed by atoms with van der Waals surface area (Å²) in [4.78, 5) is 12.1. The van der Waals surface area contributed by atoms with Crippen molar-refractivity contribution in [1.29, 1.82) is 0 Å². The predicted octanol–water partition coefficient (Wildman–Crippen LogP) is 3.79. The third-order valence-electron chi connectivity index (χ3n) is 4.20. The normalized spacial score (nSPS) is 21.8. The molecule has 0 aromatic heterocycles. The zero-order valence-electron chi connectivity index (χ0n) is 12.5. The van der Waals surface area contributed by atoms with Crippen molar-refractivity contribution in [2.24, 2.45) is 5.92 Å². The molecule has 4 nitrogen and oxygen atoms in total. The molecule has 1 fully saturated rings. The number of amides is 1. The Morgan fingerprint density at radius 1 is 1.22 bits per heavy atom. The lowest BCUT2D eigenvalue weighted by molar-refractivity contribution is -0.182. The minimum absolute atomic E-state index is 0.0473. The molecular weight excluding hydrogens is 316 g/mol. The molecule has 0 bridgehead atoms. The van der Waals surface area contributed by atoms with Gasteiger partial charge in [-0.05, 0) is 50.3 Å². The lowest BCUT2D eigenvalue weighted by Crippen LogP contribution is -2.40. The lowest BCUT2D eigenvalue weighted by Gasteiger charge is -2.30. The molecule has 1 amide bonds. The zero-order chi connectivity index (χ0) is 17.2. The Balaban J connectivity index is 2.01. The first-order valence-electron chi connectivity index (χ1n) is 7.30. The van der Waals surface area contributed by atoms with Gasteiger partial charge in [-0.1, -0.05) is 0 Å². The summed E-state index contributed by atoms with van der Waals surface area (Å²) in [6.45, 7) is 1.56. The lowest BCUT2D eigenvalue weighted by atomic mass is 9.85. The van der Waals surface area contributed by atoms with E-state index in [9.17, 15) is 22.4 Å². The molecule has 1 aromatic rings. The topological polar surface area (TPSA) is 61.4 Å². The van der Waals surface area contributed by atoms with Crippen LogP contribution < -0.4 is 10.8 Å². The number of aryl methyl sites for hydroxylation is 1. The van der Waals surface area contributed by atoms with Crippen LogP contribution in [0.25, 0.3) is 0 Å². The number of hydrogen-bond donors (Lipinski definition) is 3. The van der Waals surface area contributed by atoms with Gasteiger partial charge in [-0.3, -0.25) is 15.5 Å². The van der Waals surface area contributed by atoms with Gasteiger partial charge in [0, 0.05) is 6.04 Å². The number of alkyl halides is 3. The highest BCUT2D eigenvalue weighted by Gasteiger charge is 2.41. The zero-order valence-corrected chi connectivity index (χ0v) is 12.5. The average Bonchev–Trinajstić information content (AvgIpc) is 2.47. The molecule has 128 valence electrons. The van der Waals surface area contributed by atoms with Crippen LogP contribution in [0.15, 0.2) is 12.1 Å². The molecule has 0 atom stereocenters. The molecular formula is C15H18F4N2O2. The van der Waals surface area contributed by atoms with E-state index in [2.05, 4.69) is 5.32 Å². The Bertz CT molecular complexity index is 582. The first-order valence-corrected chi connectivity index (χ1v) is 7.30. The standard InChI is InChI=1S/C15H18F4N2O2/c1-8-6-12(16)11(7-13(8)21-23)14(22)20-10-4-2-9(3-5-10)15(17,18)19/h6-7,9-10,21,23H,2-5H2,1H3,(H,20,22). The number of hydrogen-bond acceptors (Lipinski definition) is 3. The predicted molar refractivity (Wildman–Crippen MR) is 75.8 cm³/mol. The van der Waals surface area contributed by atoms with Gasteiger partial charge < -0.3 is 5.32 Å². The Morgan fingerprint density at radius 2 is 1.83 bits per heavy atom. The number of anilines is 1. The maximum atomic E-state index is 13.9. The van der Waals surface area contributed by atoms with Crippen molar-refractivity contribution in [3.63, 3.8) is 0 Å². The van der Waals surface area contributed by atoms with Crippen LogP contribution in [0.4, 0.5) is 23.2 Å². The van der Waals surface area contributed by atoms with E-state index < -0.39 is 29.9 Å². The van der Waals surface area contributed by atoms with Gasteiger partial charge in [0.25, 0.3) is 5.91 Å². The molecule has 1 saturated carbocycles. The van der Waals surface area contributed by atoms with Crippen molar-refractivity contribution in [2.75, 3.05) is 5.48 Å². The summed E-state index contributed by atoms with van der Waals surface area (Å²) in [6, 6.07) is 1.86. The van der Waals surface area contributed by atoms with Crippen LogP contribution >= 0.6 is 0 Å². The molecule has 0 unspecified atom stereocenters. The molecule has 1 aliphatic rings. The summed E-state index contributed by atoms with van der Waals surface area (Å²) >= 11 is 0. The van der Waals surface area contributed by atoms with Gasteiger partial charge in [-0.2, -0.15) is 13.2 Å². The van der Waals surface area contributed by atoms with Gasteiger partial charge in [-0.15, -0.1) is 0 Å². The maximum Gasteiger partial charge on any atom is 0.391 e. The van der Waals surface area contributed by atoms with E-state index in [4.69, 9.17) is 5.21 Å². The van der Waals surface area contributed by atoms with E-state index in [0.717, 1.165) is 6.07 Å². The van der Waals surface area contributed by atoms with Gasteiger partial charge in [0.15, 0.2) is 0 Å². The molecule has 8 heteroatoms. The second kappa shape index (κ2) is 6.74. The molecule has 3 N–H and O–H groups in total. The number of carbonyl (C=O) groups excluding carboxylic acids is 1. The van der Waals surface area contributed by atoms with Gasteiger partial charge in [0.2, 0.25) is 0 Å². The average molecular weight is 334 g/mol. The maximum absolute atomic E-state index is 13.9. The van der Waals surface area contributed by atoms with E-state index in [-0.39, 0.29) is 36.9 Å². The van der Waals surface area contributed by atoms with Crippen molar-refractivity contribution in [2.45, 2.75) is 44.8 Å². The van der Waals surface area contributed by atoms with Crippen LogP contribution in [0.3, 0.4) is 0 Å². The second-order valence-corrected chi connectivity index (χ2v) is 5.82. The minimum Gasteiger partial charge on any atom is -0.349 e. The minimum atomic E-state index is -4.21. The number of benzene rings is 1. The number of rotatable bonds is 3. The monoisotopic (exact) mass is 334 g/mol. The fraction of sp³-hybridized carbons (Fsp3) is 0.533. The molecule has 0 saturated heterocycles. The summed E-state index contributed by atoms with van der Waals surface area (Å²) < 4.78 is 51.7. The highest BCUT2D eigenvalue weighted by atomic mass is 19.4. The summed E-state index contributed by atoms with van der Waals surface area (Å²) in [5.74, 6) is -2.78. The summed E-state index contributed by atoms with van der Waals surface area (Å²) in [5, 5.41) is 11.5. The van der Waals surface area contributed by atoms with Crippen LogP contribution in [-0.4, -0.2) is 23.3 Å². The van der Waals surface area contributed by atoms with E-state index in [1.807, 2.05) is 5.48 Å². The van der Waals surface area contributed by atoms with Gasteiger partial charge in [-0.25, -0.2) is 4.39 Å². The fourth-order valence-corrected chi connectivity index (χ4v) is 2.80. The van der Waals surface area contributed by atoms with E-state index in [1.165, 1.54) is 6.07 Å². The summed E-state index contributed by atoms with van der Waals surface area (Å²) in [6.07, 6.45) is -3.90. The first-order chi connectivity index (χ1) is 10.7.